The van der Waals surface area contributed by atoms with Crippen molar-refractivity contribution in [2.75, 3.05) is 12.6 Å². The van der Waals surface area contributed by atoms with Crippen LogP contribution in [0, 0.1) is 18.3 Å². The van der Waals surface area contributed by atoms with Crippen molar-refractivity contribution >= 4 is 15.8 Å². The predicted octanol–water partition coefficient (Wildman–Crippen LogP) is 2.80. The minimum atomic E-state index is -3.96. The Labute approximate surface area is 135 Å². The molecule has 1 N–H and O–H groups in total. The molecule has 0 aliphatic heterocycles. The van der Waals surface area contributed by atoms with Crippen LogP contribution in [-0.2, 0) is 20.8 Å². The van der Waals surface area contributed by atoms with E-state index in [1.54, 1.807) is 30.3 Å². The molecular weight excluding hydrogens is 316 g/mol. The quantitative estimate of drug-likeness (QED) is 0.818. The molecule has 2 aromatic rings. The second kappa shape index (κ2) is 7.13. The number of anilines is 1. The normalized spacial score (nSPS) is 10.8. The van der Waals surface area contributed by atoms with Gasteiger partial charge in [-0.15, -0.1) is 4.28 Å². The fourth-order valence-corrected chi connectivity index (χ4v) is 2.63. The van der Waals surface area contributed by atoms with Crippen molar-refractivity contribution in [3.05, 3.63) is 53.6 Å². The largest absolute Gasteiger partial charge is 0.497 e. The van der Waals surface area contributed by atoms with Gasteiger partial charge in [0, 0.05) is 6.07 Å². The van der Waals surface area contributed by atoms with Crippen LogP contribution in [0.15, 0.2) is 47.4 Å². The van der Waals surface area contributed by atoms with Gasteiger partial charge in [0.05, 0.1) is 30.2 Å². The molecule has 0 aliphatic rings. The van der Waals surface area contributed by atoms with E-state index in [0.29, 0.717) is 17.0 Å². The number of hydrogen-bond acceptors (Lipinski definition) is 6. The first-order valence-corrected chi connectivity index (χ1v) is 8.17. The number of methoxy groups -OCH3 is 1. The second-order valence-corrected chi connectivity index (χ2v) is 6.36. The van der Waals surface area contributed by atoms with Gasteiger partial charge in [0.2, 0.25) is 0 Å². The Balaban J connectivity index is 2.22. The van der Waals surface area contributed by atoms with E-state index >= 15 is 0 Å². The highest BCUT2D eigenvalue weighted by Gasteiger charge is 2.16. The topological polar surface area (TPSA) is 88.4 Å². The molecule has 0 radical (unpaired) electrons. The fourth-order valence-electron chi connectivity index (χ4n) is 1.87. The maximum absolute atomic E-state index is 12.2. The first-order valence-electron chi connectivity index (χ1n) is 6.76. The highest BCUT2D eigenvalue weighted by Crippen LogP contribution is 2.24. The van der Waals surface area contributed by atoms with Crippen LogP contribution in [-0.4, -0.2) is 15.5 Å². The minimum Gasteiger partial charge on any atom is -0.497 e. The number of nitrogens with zero attached hydrogens (tertiary/aromatic N) is 1. The zero-order valence-corrected chi connectivity index (χ0v) is 13.6. The SMILES string of the molecule is COc1ccc(CC#N)c(NOS(=O)(=O)c2ccc(C)cc2)c1. The molecule has 0 aliphatic carbocycles. The van der Waals surface area contributed by atoms with Crippen LogP contribution in [0.3, 0.4) is 0 Å². The summed E-state index contributed by atoms with van der Waals surface area (Å²) in [6.07, 6.45) is 0.111. The fraction of sp³-hybridized carbons (Fsp3) is 0.188. The Morgan fingerprint density at radius 3 is 2.48 bits per heavy atom. The van der Waals surface area contributed by atoms with Crippen molar-refractivity contribution in [1.82, 2.24) is 0 Å². The standard InChI is InChI=1S/C16H16N2O4S/c1-12-3-7-15(8-4-12)23(19,20)22-18-16-11-14(21-2)6-5-13(16)9-10-17/h3-8,11,18H,9H2,1-2H3. The number of nitriles is 1. The van der Waals surface area contributed by atoms with Crippen LogP contribution in [0.4, 0.5) is 5.69 Å². The third-order valence-electron chi connectivity index (χ3n) is 3.16. The molecule has 0 saturated heterocycles. The highest BCUT2D eigenvalue weighted by atomic mass is 32.2. The molecule has 0 bridgehead atoms. The summed E-state index contributed by atoms with van der Waals surface area (Å²) >= 11 is 0. The van der Waals surface area contributed by atoms with Gasteiger partial charge in [-0.25, -0.2) is 5.48 Å². The molecule has 0 unspecified atom stereocenters. The third-order valence-corrected chi connectivity index (χ3v) is 4.31. The van der Waals surface area contributed by atoms with Crippen molar-refractivity contribution in [1.29, 1.82) is 5.26 Å². The summed E-state index contributed by atoms with van der Waals surface area (Å²) in [4.78, 5) is 0.0420. The molecule has 0 amide bonds. The number of aryl methyl sites for hydroxylation is 1. The van der Waals surface area contributed by atoms with Crippen LogP contribution in [0.1, 0.15) is 11.1 Å². The lowest BCUT2D eigenvalue weighted by molar-refractivity contribution is 0.388. The van der Waals surface area contributed by atoms with Crippen LogP contribution in [0.25, 0.3) is 0 Å². The second-order valence-electron chi connectivity index (χ2n) is 4.81. The van der Waals surface area contributed by atoms with Crippen LogP contribution >= 0.6 is 0 Å². The number of ether oxygens (including phenoxy) is 1. The summed E-state index contributed by atoms with van der Waals surface area (Å²) in [5.41, 5.74) is 4.32. The Morgan fingerprint density at radius 2 is 1.87 bits per heavy atom. The number of benzene rings is 2. The Hall–Kier alpha value is -2.56. The number of nitrogens with one attached hydrogen (secondary N) is 1. The molecular formula is C16H16N2O4S. The van der Waals surface area contributed by atoms with Gasteiger partial charge in [0.1, 0.15) is 5.75 Å². The van der Waals surface area contributed by atoms with Crippen molar-refractivity contribution in [2.24, 2.45) is 0 Å². The summed E-state index contributed by atoms with van der Waals surface area (Å²) in [5.74, 6) is 0.519. The van der Waals surface area contributed by atoms with Gasteiger partial charge in [-0.1, -0.05) is 23.8 Å². The summed E-state index contributed by atoms with van der Waals surface area (Å²) in [6, 6.07) is 13.2. The smallest absolute Gasteiger partial charge is 0.317 e. The Morgan fingerprint density at radius 1 is 1.17 bits per heavy atom. The van der Waals surface area contributed by atoms with Crippen molar-refractivity contribution in [3.63, 3.8) is 0 Å². The minimum absolute atomic E-state index is 0.0420. The van der Waals surface area contributed by atoms with Gasteiger partial charge in [0.15, 0.2) is 0 Å². The van der Waals surface area contributed by atoms with Crippen molar-refractivity contribution in [3.8, 4) is 11.8 Å². The highest BCUT2D eigenvalue weighted by molar-refractivity contribution is 7.86. The number of hydrogen-bond donors (Lipinski definition) is 1. The van der Waals surface area contributed by atoms with Crippen molar-refractivity contribution < 1.29 is 17.4 Å². The molecule has 23 heavy (non-hydrogen) atoms. The van der Waals surface area contributed by atoms with E-state index in [1.165, 1.54) is 19.2 Å². The van der Waals surface area contributed by atoms with Crippen LogP contribution in [0.5, 0.6) is 5.75 Å². The first kappa shape index (κ1) is 16.8. The van der Waals surface area contributed by atoms with E-state index in [9.17, 15) is 8.42 Å². The lowest BCUT2D eigenvalue weighted by Gasteiger charge is -2.12. The maximum Gasteiger partial charge on any atom is 0.317 e. The van der Waals surface area contributed by atoms with Gasteiger partial charge in [0.25, 0.3) is 0 Å². The van der Waals surface area contributed by atoms with Gasteiger partial charge in [-0.3, -0.25) is 0 Å². The van der Waals surface area contributed by atoms with Gasteiger partial charge in [-0.2, -0.15) is 13.7 Å². The average Bonchev–Trinajstić information content (AvgIpc) is 2.54. The van der Waals surface area contributed by atoms with E-state index in [4.69, 9.17) is 14.3 Å². The summed E-state index contributed by atoms with van der Waals surface area (Å²) in [6.45, 7) is 1.86. The molecule has 0 aromatic heterocycles. The van der Waals surface area contributed by atoms with Crippen LogP contribution < -0.4 is 10.2 Å². The summed E-state index contributed by atoms with van der Waals surface area (Å²) in [5, 5.41) is 8.83. The Bertz CT molecular complexity index is 824. The average molecular weight is 332 g/mol. The van der Waals surface area contributed by atoms with E-state index in [1.807, 2.05) is 13.0 Å². The molecule has 0 saturated carbocycles. The predicted molar refractivity (Wildman–Crippen MR) is 85.4 cm³/mol. The van der Waals surface area contributed by atoms with E-state index in [0.717, 1.165) is 5.56 Å². The molecule has 0 spiro atoms. The van der Waals surface area contributed by atoms with Gasteiger partial charge >= 0.3 is 10.1 Å². The van der Waals surface area contributed by atoms with Gasteiger partial charge < -0.3 is 4.74 Å². The summed E-state index contributed by atoms with van der Waals surface area (Å²) < 4.78 is 34.3. The zero-order valence-electron chi connectivity index (χ0n) is 12.7. The molecule has 0 atom stereocenters. The van der Waals surface area contributed by atoms with E-state index in [-0.39, 0.29) is 11.3 Å². The Kier molecular flexibility index (Phi) is 5.21. The molecule has 0 heterocycles. The monoisotopic (exact) mass is 332 g/mol. The van der Waals surface area contributed by atoms with Crippen LogP contribution in [0.2, 0.25) is 0 Å². The molecule has 0 fully saturated rings. The molecule has 6 nitrogen and oxygen atoms in total. The third kappa shape index (κ3) is 4.22. The zero-order chi connectivity index (χ0) is 16.9. The van der Waals surface area contributed by atoms with E-state index in [2.05, 4.69) is 5.48 Å². The van der Waals surface area contributed by atoms with Crippen molar-refractivity contribution in [2.45, 2.75) is 18.2 Å². The molecule has 2 aromatic carbocycles. The maximum atomic E-state index is 12.2. The lowest BCUT2D eigenvalue weighted by atomic mass is 10.1. The molecule has 7 heteroatoms. The summed E-state index contributed by atoms with van der Waals surface area (Å²) in [7, 11) is -2.47. The molecule has 120 valence electrons. The lowest BCUT2D eigenvalue weighted by Crippen LogP contribution is -2.12. The first-order chi connectivity index (χ1) is 11.0. The van der Waals surface area contributed by atoms with Gasteiger partial charge in [-0.05, 0) is 30.7 Å². The molecule has 2 rings (SSSR count). The van der Waals surface area contributed by atoms with E-state index < -0.39 is 10.1 Å². The number of rotatable bonds is 6.